The van der Waals surface area contributed by atoms with Gasteiger partial charge in [0.15, 0.2) is 6.10 Å². The lowest BCUT2D eigenvalue weighted by atomic mass is 9.96. The second-order valence-electron chi connectivity index (χ2n) is 7.28. The third-order valence-electron chi connectivity index (χ3n) is 5.61. The number of nitrogens with zero attached hydrogens (tertiary/aromatic N) is 3. The minimum absolute atomic E-state index is 0.0795. The summed E-state index contributed by atoms with van der Waals surface area (Å²) in [6, 6.07) is 7.83. The Balaban J connectivity index is 1.34. The number of ether oxygens (including phenoxy) is 1. The first kappa shape index (κ1) is 18.6. The molecule has 3 aliphatic heterocycles. The second-order valence-corrected chi connectivity index (χ2v) is 7.28. The fraction of sp³-hybridized carbons (Fsp3) is 0.500. The zero-order valence-electron chi connectivity index (χ0n) is 15.6. The van der Waals surface area contributed by atoms with Gasteiger partial charge < -0.3 is 14.5 Å². The van der Waals surface area contributed by atoms with Crippen LogP contribution in [0.1, 0.15) is 30.1 Å². The predicted molar refractivity (Wildman–Crippen MR) is 98.0 cm³/mol. The summed E-state index contributed by atoms with van der Waals surface area (Å²) in [6.07, 6.45) is 0.567. The van der Waals surface area contributed by atoms with Crippen molar-refractivity contribution < 1.29 is 23.9 Å². The van der Waals surface area contributed by atoms with E-state index in [-0.39, 0.29) is 43.0 Å². The molecule has 1 aromatic carbocycles. The first-order chi connectivity index (χ1) is 13.5. The standard InChI is InChI=1S/C20H23N3O5/c24-16-5-6-17(25)23(16)13-18(26)21-8-10-22(11-9-21)20(27)19-15-4-2-1-3-14(15)7-12-28-19/h1-4,19H,5-13H2/t19-/m1/s1. The van der Waals surface area contributed by atoms with E-state index < -0.39 is 6.10 Å². The van der Waals surface area contributed by atoms with Gasteiger partial charge in [-0.1, -0.05) is 24.3 Å². The molecular weight excluding hydrogens is 362 g/mol. The van der Waals surface area contributed by atoms with Crippen molar-refractivity contribution in [2.75, 3.05) is 39.3 Å². The number of hydrogen-bond acceptors (Lipinski definition) is 5. The zero-order chi connectivity index (χ0) is 19.7. The number of benzene rings is 1. The molecule has 1 atom stereocenters. The maximum absolute atomic E-state index is 13.0. The van der Waals surface area contributed by atoms with Crippen molar-refractivity contribution in [2.45, 2.75) is 25.4 Å². The van der Waals surface area contributed by atoms with E-state index >= 15 is 0 Å². The molecule has 1 aromatic rings. The van der Waals surface area contributed by atoms with Gasteiger partial charge in [0.25, 0.3) is 5.91 Å². The molecule has 0 bridgehead atoms. The Morgan fingerprint density at radius 1 is 0.929 bits per heavy atom. The highest BCUT2D eigenvalue weighted by Crippen LogP contribution is 2.29. The topological polar surface area (TPSA) is 87.2 Å². The highest BCUT2D eigenvalue weighted by molar-refractivity contribution is 6.04. The summed E-state index contributed by atoms with van der Waals surface area (Å²) in [5.41, 5.74) is 2.06. The lowest BCUT2D eigenvalue weighted by molar-refractivity contribution is -0.150. The number of fused-ring (bicyclic) bond motifs is 1. The normalized spacial score (nSPS) is 22.4. The molecule has 0 aliphatic carbocycles. The largest absolute Gasteiger partial charge is 0.363 e. The molecule has 0 aromatic heterocycles. The van der Waals surface area contributed by atoms with Crippen LogP contribution in [0.2, 0.25) is 0 Å². The Labute approximate surface area is 163 Å². The number of carbonyl (C=O) groups is 4. The first-order valence-corrected chi connectivity index (χ1v) is 9.64. The molecule has 8 heteroatoms. The molecule has 4 rings (SSSR count). The van der Waals surface area contributed by atoms with Crippen LogP contribution in [-0.4, -0.2) is 77.7 Å². The van der Waals surface area contributed by atoms with Crippen LogP contribution in [-0.2, 0) is 30.3 Å². The van der Waals surface area contributed by atoms with Gasteiger partial charge in [-0.2, -0.15) is 0 Å². The van der Waals surface area contributed by atoms with Crippen LogP contribution in [0.3, 0.4) is 0 Å². The number of likely N-dealkylation sites (tertiary alicyclic amines) is 1. The number of hydrogen-bond donors (Lipinski definition) is 0. The number of imide groups is 1. The number of rotatable bonds is 3. The van der Waals surface area contributed by atoms with Crippen molar-refractivity contribution in [1.82, 2.24) is 14.7 Å². The van der Waals surface area contributed by atoms with Gasteiger partial charge in [-0.25, -0.2) is 0 Å². The van der Waals surface area contributed by atoms with E-state index in [0.717, 1.165) is 22.4 Å². The van der Waals surface area contributed by atoms with E-state index in [1.54, 1.807) is 9.80 Å². The van der Waals surface area contributed by atoms with Crippen LogP contribution in [0, 0.1) is 0 Å². The number of piperazine rings is 1. The van der Waals surface area contributed by atoms with Crippen LogP contribution < -0.4 is 0 Å². The molecule has 3 heterocycles. The van der Waals surface area contributed by atoms with Gasteiger partial charge in [0.05, 0.1) is 6.61 Å². The average Bonchev–Trinajstić information content (AvgIpc) is 3.05. The molecule has 0 unspecified atom stereocenters. The lowest BCUT2D eigenvalue weighted by Gasteiger charge is -2.37. The second kappa shape index (κ2) is 7.71. The highest BCUT2D eigenvalue weighted by Gasteiger charge is 2.35. The average molecular weight is 385 g/mol. The van der Waals surface area contributed by atoms with E-state index in [1.807, 2.05) is 24.3 Å². The van der Waals surface area contributed by atoms with E-state index in [2.05, 4.69) is 0 Å². The van der Waals surface area contributed by atoms with Gasteiger partial charge in [0.1, 0.15) is 6.54 Å². The molecule has 148 valence electrons. The fourth-order valence-corrected chi connectivity index (χ4v) is 3.98. The molecule has 3 aliphatic rings. The summed E-state index contributed by atoms with van der Waals surface area (Å²) in [5.74, 6) is -0.917. The van der Waals surface area contributed by atoms with Gasteiger partial charge >= 0.3 is 0 Å². The van der Waals surface area contributed by atoms with E-state index in [0.29, 0.717) is 32.8 Å². The van der Waals surface area contributed by atoms with Gasteiger partial charge in [-0.3, -0.25) is 24.1 Å². The molecule has 8 nitrogen and oxygen atoms in total. The summed E-state index contributed by atoms with van der Waals surface area (Å²) in [6.45, 7) is 1.90. The molecule has 0 saturated carbocycles. The molecule has 4 amide bonds. The Morgan fingerprint density at radius 3 is 2.29 bits per heavy atom. The van der Waals surface area contributed by atoms with Crippen molar-refractivity contribution in [3.63, 3.8) is 0 Å². The molecule has 0 radical (unpaired) electrons. The zero-order valence-corrected chi connectivity index (χ0v) is 15.6. The molecule has 2 fully saturated rings. The van der Waals surface area contributed by atoms with E-state index in [4.69, 9.17) is 4.74 Å². The Kier molecular flexibility index (Phi) is 5.13. The molecule has 2 saturated heterocycles. The van der Waals surface area contributed by atoms with Crippen LogP contribution in [0.4, 0.5) is 0 Å². The summed E-state index contributed by atoms with van der Waals surface area (Å²) in [4.78, 5) is 53.1. The fourth-order valence-electron chi connectivity index (χ4n) is 3.98. The Morgan fingerprint density at radius 2 is 1.57 bits per heavy atom. The van der Waals surface area contributed by atoms with Crippen molar-refractivity contribution in [1.29, 1.82) is 0 Å². The summed E-state index contributed by atoms with van der Waals surface area (Å²) < 4.78 is 5.75. The molecule has 0 spiro atoms. The maximum atomic E-state index is 13.0. The van der Waals surface area contributed by atoms with E-state index in [9.17, 15) is 19.2 Å². The number of amides is 4. The minimum Gasteiger partial charge on any atom is -0.363 e. The van der Waals surface area contributed by atoms with Gasteiger partial charge in [-0.05, 0) is 17.5 Å². The summed E-state index contributed by atoms with van der Waals surface area (Å²) in [5, 5.41) is 0. The maximum Gasteiger partial charge on any atom is 0.256 e. The Hall–Kier alpha value is -2.74. The lowest BCUT2D eigenvalue weighted by Crippen LogP contribution is -2.54. The molecular formula is C20H23N3O5. The van der Waals surface area contributed by atoms with Gasteiger partial charge in [0, 0.05) is 39.0 Å². The predicted octanol–water partition coefficient (Wildman–Crippen LogP) is 0.120. The van der Waals surface area contributed by atoms with Crippen molar-refractivity contribution in [2.24, 2.45) is 0 Å². The Bertz CT molecular complexity index is 800. The minimum atomic E-state index is -0.591. The van der Waals surface area contributed by atoms with Crippen LogP contribution in [0.15, 0.2) is 24.3 Å². The third-order valence-corrected chi connectivity index (χ3v) is 5.61. The number of carbonyl (C=O) groups excluding carboxylic acids is 4. The molecule has 28 heavy (non-hydrogen) atoms. The van der Waals surface area contributed by atoms with Crippen molar-refractivity contribution >= 4 is 23.6 Å². The summed E-state index contributed by atoms with van der Waals surface area (Å²) >= 11 is 0. The van der Waals surface area contributed by atoms with Gasteiger partial charge in [-0.15, -0.1) is 0 Å². The third kappa shape index (κ3) is 3.52. The van der Waals surface area contributed by atoms with Crippen LogP contribution in [0.5, 0.6) is 0 Å². The first-order valence-electron chi connectivity index (χ1n) is 9.64. The van der Waals surface area contributed by atoms with Crippen LogP contribution >= 0.6 is 0 Å². The molecule has 0 N–H and O–H groups in total. The monoisotopic (exact) mass is 385 g/mol. The van der Waals surface area contributed by atoms with E-state index in [1.165, 1.54) is 0 Å². The smallest absolute Gasteiger partial charge is 0.256 e. The SMILES string of the molecule is O=C(CN1C(=O)CCC1=O)N1CCN(C(=O)[C@@H]2OCCc3ccccc32)CC1. The summed E-state index contributed by atoms with van der Waals surface area (Å²) in [7, 11) is 0. The van der Waals surface area contributed by atoms with Crippen molar-refractivity contribution in [3.05, 3.63) is 35.4 Å². The quantitative estimate of drug-likeness (QED) is 0.690. The van der Waals surface area contributed by atoms with Crippen LogP contribution in [0.25, 0.3) is 0 Å². The van der Waals surface area contributed by atoms with Gasteiger partial charge in [0.2, 0.25) is 17.7 Å². The van der Waals surface area contributed by atoms with Crippen molar-refractivity contribution in [3.8, 4) is 0 Å². The highest BCUT2D eigenvalue weighted by atomic mass is 16.5.